The molecule has 0 aliphatic heterocycles. The molecule has 1 aromatic heterocycles. The van der Waals surface area contributed by atoms with E-state index in [-0.39, 0.29) is 6.54 Å². The maximum Gasteiger partial charge on any atom is 0.0848 e. The van der Waals surface area contributed by atoms with Gasteiger partial charge in [-0.2, -0.15) is 5.10 Å². The molecule has 0 aliphatic carbocycles. The fourth-order valence-electron chi connectivity index (χ4n) is 1.31. The van der Waals surface area contributed by atoms with Crippen molar-refractivity contribution in [2.75, 3.05) is 6.54 Å². The zero-order chi connectivity index (χ0) is 10.9. The van der Waals surface area contributed by atoms with Gasteiger partial charge in [-0.3, -0.25) is 4.68 Å². The van der Waals surface area contributed by atoms with Crippen LogP contribution in [0.25, 0.3) is 0 Å². The van der Waals surface area contributed by atoms with Gasteiger partial charge in [0.05, 0.1) is 22.0 Å². The summed E-state index contributed by atoms with van der Waals surface area (Å²) in [5, 5.41) is 14.6. The van der Waals surface area contributed by atoms with Crippen LogP contribution in [-0.4, -0.2) is 27.0 Å². The molecule has 1 rings (SSSR count). The second kappa shape index (κ2) is 3.88. The first kappa shape index (κ1) is 11.5. The van der Waals surface area contributed by atoms with Crippen molar-refractivity contribution in [3.05, 3.63) is 16.4 Å². The summed E-state index contributed by atoms with van der Waals surface area (Å²) in [7, 11) is 1.81. The Morgan fingerprint density at radius 3 is 2.57 bits per heavy atom. The predicted octanol–water partition coefficient (Wildman–Crippen LogP) is 0.634. The molecular formula is C9H16ClN3O. The molecule has 1 heterocycles. The average Bonchev–Trinajstić information content (AvgIpc) is 2.32. The normalized spacial score (nSPS) is 15.6. The molecule has 1 atom stereocenters. The minimum atomic E-state index is -0.927. The number of aromatic nitrogens is 2. The Kier molecular flexibility index (Phi) is 3.19. The molecule has 0 fully saturated rings. The van der Waals surface area contributed by atoms with E-state index in [1.165, 1.54) is 0 Å². The lowest BCUT2D eigenvalue weighted by Crippen LogP contribution is -2.37. The fraction of sp³-hybridized carbons (Fsp3) is 0.667. The highest BCUT2D eigenvalue weighted by Crippen LogP contribution is 2.23. The fourth-order valence-corrected chi connectivity index (χ4v) is 1.53. The lowest BCUT2D eigenvalue weighted by atomic mass is 10.0. The Hall–Kier alpha value is -0.580. The Morgan fingerprint density at radius 1 is 1.64 bits per heavy atom. The van der Waals surface area contributed by atoms with Crippen molar-refractivity contribution in [1.29, 1.82) is 0 Å². The van der Waals surface area contributed by atoms with Crippen LogP contribution in [0, 0.1) is 6.92 Å². The quantitative estimate of drug-likeness (QED) is 0.781. The lowest BCUT2D eigenvalue weighted by Gasteiger charge is -2.20. The maximum atomic E-state index is 9.81. The van der Waals surface area contributed by atoms with Gasteiger partial charge < -0.3 is 10.8 Å². The zero-order valence-corrected chi connectivity index (χ0v) is 9.47. The monoisotopic (exact) mass is 217 g/mol. The third-order valence-electron chi connectivity index (χ3n) is 2.25. The van der Waals surface area contributed by atoms with Crippen molar-refractivity contribution < 1.29 is 5.11 Å². The standard InChI is InChI=1S/C9H16ClN3O/c1-6-8(10)7(13(3)12-6)4-9(2,14)5-11/h14H,4-5,11H2,1-3H3. The van der Waals surface area contributed by atoms with E-state index in [4.69, 9.17) is 17.3 Å². The van der Waals surface area contributed by atoms with Gasteiger partial charge in [-0.05, 0) is 13.8 Å². The number of aryl methyl sites for hydroxylation is 2. The summed E-state index contributed by atoms with van der Waals surface area (Å²) >= 11 is 6.04. The highest BCUT2D eigenvalue weighted by Gasteiger charge is 2.23. The van der Waals surface area contributed by atoms with E-state index in [1.807, 2.05) is 6.92 Å². The summed E-state index contributed by atoms with van der Waals surface area (Å²) in [6, 6.07) is 0. The highest BCUT2D eigenvalue weighted by atomic mass is 35.5. The topological polar surface area (TPSA) is 64.1 Å². The number of hydrogen-bond acceptors (Lipinski definition) is 3. The smallest absolute Gasteiger partial charge is 0.0848 e. The summed E-state index contributed by atoms with van der Waals surface area (Å²) in [6.45, 7) is 3.72. The van der Waals surface area contributed by atoms with E-state index in [0.29, 0.717) is 11.4 Å². The Morgan fingerprint density at radius 2 is 2.21 bits per heavy atom. The Balaban J connectivity index is 2.97. The van der Waals surface area contributed by atoms with Gasteiger partial charge in [-0.15, -0.1) is 0 Å². The van der Waals surface area contributed by atoms with Crippen LogP contribution in [0.4, 0.5) is 0 Å². The molecule has 0 amide bonds. The maximum absolute atomic E-state index is 9.81. The summed E-state index contributed by atoms with van der Waals surface area (Å²) in [6.07, 6.45) is 0.416. The lowest BCUT2D eigenvalue weighted by molar-refractivity contribution is 0.0677. The van der Waals surface area contributed by atoms with Crippen LogP contribution < -0.4 is 5.73 Å². The molecule has 0 aliphatic rings. The molecule has 0 saturated carbocycles. The number of aliphatic hydroxyl groups is 1. The van der Waals surface area contributed by atoms with Gasteiger partial charge in [0.2, 0.25) is 0 Å². The zero-order valence-electron chi connectivity index (χ0n) is 8.71. The van der Waals surface area contributed by atoms with Crippen LogP contribution in [-0.2, 0) is 13.5 Å². The largest absolute Gasteiger partial charge is 0.388 e. The summed E-state index contributed by atoms with van der Waals surface area (Å²) in [5.41, 5.74) is 6.11. The minimum Gasteiger partial charge on any atom is -0.388 e. The van der Waals surface area contributed by atoms with Gasteiger partial charge in [0.25, 0.3) is 0 Å². The molecule has 0 radical (unpaired) electrons. The van der Waals surface area contributed by atoms with E-state index in [2.05, 4.69) is 5.10 Å². The summed E-state index contributed by atoms with van der Waals surface area (Å²) in [4.78, 5) is 0. The Labute approximate surface area is 88.7 Å². The second-order valence-corrected chi connectivity index (χ2v) is 4.23. The van der Waals surface area contributed by atoms with Crippen LogP contribution in [0.3, 0.4) is 0 Å². The van der Waals surface area contributed by atoms with Gasteiger partial charge in [0.1, 0.15) is 0 Å². The first-order valence-corrected chi connectivity index (χ1v) is 4.85. The van der Waals surface area contributed by atoms with Gasteiger partial charge in [0, 0.05) is 20.0 Å². The number of rotatable bonds is 3. The number of hydrogen-bond donors (Lipinski definition) is 2. The van der Waals surface area contributed by atoms with Crippen molar-refractivity contribution in [2.45, 2.75) is 25.9 Å². The number of nitrogens with two attached hydrogens (primary N) is 1. The first-order chi connectivity index (χ1) is 6.37. The first-order valence-electron chi connectivity index (χ1n) is 4.48. The Bertz CT molecular complexity index is 333. The highest BCUT2D eigenvalue weighted by molar-refractivity contribution is 6.31. The molecule has 3 N–H and O–H groups in total. The van der Waals surface area contributed by atoms with Crippen molar-refractivity contribution in [3.63, 3.8) is 0 Å². The molecule has 0 saturated heterocycles. The molecule has 0 spiro atoms. The summed E-state index contributed by atoms with van der Waals surface area (Å²) < 4.78 is 1.68. The molecule has 80 valence electrons. The molecule has 1 aromatic rings. The molecule has 0 bridgehead atoms. The van der Waals surface area contributed by atoms with Gasteiger partial charge in [-0.25, -0.2) is 0 Å². The third-order valence-corrected chi connectivity index (χ3v) is 2.74. The van der Waals surface area contributed by atoms with E-state index in [9.17, 15) is 5.11 Å². The second-order valence-electron chi connectivity index (χ2n) is 3.85. The molecule has 1 unspecified atom stereocenters. The molecule has 0 aromatic carbocycles. The van der Waals surface area contributed by atoms with Crippen molar-refractivity contribution in [2.24, 2.45) is 12.8 Å². The van der Waals surface area contributed by atoms with Gasteiger partial charge >= 0.3 is 0 Å². The van der Waals surface area contributed by atoms with Crippen LogP contribution in [0.15, 0.2) is 0 Å². The van der Waals surface area contributed by atoms with Crippen molar-refractivity contribution >= 4 is 11.6 Å². The minimum absolute atomic E-state index is 0.202. The van der Waals surface area contributed by atoms with Gasteiger partial charge in [-0.1, -0.05) is 11.6 Å². The van der Waals surface area contributed by atoms with Crippen molar-refractivity contribution in [3.8, 4) is 0 Å². The summed E-state index contributed by atoms with van der Waals surface area (Å²) in [5.74, 6) is 0. The van der Waals surface area contributed by atoms with E-state index < -0.39 is 5.60 Å². The van der Waals surface area contributed by atoms with E-state index in [1.54, 1.807) is 18.7 Å². The number of halogens is 1. The van der Waals surface area contributed by atoms with Gasteiger partial charge in [0.15, 0.2) is 0 Å². The molecular weight excluding hydrogens is 202 g/mol. The predicted molar refractivity (Wildman–Crippen MR) is 56.3 cm³/mol. The SMILES string of the molecule is Cc1nn(C)c(CC(C)(O)CN)c1Cl. The third kappa shape index (κ3) is 2.26. The molecule has 5 heteroatoms. The molecule has 14 heavy (non-hydrogen) atoms. The van der Waals surface area contributed by atoms with Crippen LogP contribution >= 0.6 is 11.6 Å². The van der Waals surface area contributed by atoms with E-state index in [0.717, 1.165) is 11.4 Å². The van der Waals surface area contributed by atoms with Crippen LogP contribution in [0.1, 0.15) is 18.3 Å². The van der Waals surface area contributed by atoms with E-state index >= 15 is 0 Å². The van der Waals surface area contributed by atoms with Crippen LogP contribution in [0.2, 0.25) is 5.02 Å². The van der Waals surface area contributed by atoms with Crippen LogP contribution in [0.5, 0.6) is 0 Å². The average molecular weight is 218 g/mol. The molecule has 4 nitrogen and oxygen atoms in total. The van der Waals surface area contributed by atoms with Crippen molar-refractivity contribution in [1.82, 2.24) is 9.78 Å². The number of nitrogens with zero attached hydrogens (tertiary/aromatic N) is 2.